The average molecular weight is 379 g/mol. The fourth-order valence-corrected chi connectivity index (χ4v) is 8.56. The molecule has 7 atom stereocenters. The highest BCUT2D eigenvalue weighted by atomic mass is 16.5. The molecule has 4 heteroatoms. The first kappa shape index (κ1) is 19.7. The highest BCUT2D eigenvalue weighted by molar-refractivity contribution is 5.66. The van der Waals surface area contributed by atoms with Gasteiger partial charge in [0.25, 0.3) is 0 Å². The van der Waals surface area contributed by atoms with Gasteiger partial charge in [0.05, 0.1) is 0 Å². The molecule has 154 valence electrons. The molecule has 4 fully saturated rings. The molecule has 0 aromatic rings. The van der Waals surface area contributed by atoms with E-state index in [1.54, 1.807) is 0 Å². The third-order valence-corrected chi connectivity index (χ3v) is 9.83. The van der Waals surface area contributed by atoms with Gasteiger partial charge in [0.15, 0.2) is 5.79 Å². The van der Waals surface area contributed by atoms with Gasteiger partial charge in [-0.2, -0.15) is 0 Å². The number of fused-ring (bicyclic) bond motifs is 5. The zero-order chi connectivity index (χ0) is 19.4. The topological polar surface area (TPSA) is 77.8 Å². The second-order valence-electron chi connectivity index (χ2n) is 10.8. The molecule has 4 aliphatic rings. The predicted molar refractivity (Wildman–Crippen MR) is 104 cm³/mol. The van der Waals surface area contributed by atoms with Gasteiger partial charge in [0, 0.05) is 18.8 Å². The van der Waals surface area contributed by atoms with Crippen molar-refractivity contribution in [3.8, 4) is 0 Å². The maximum atomic E-state index is 10.9. The van der Waals surface area contributed by atoms with Gasteiger partial charge in [-0.1, -0.05) is 13.8 Å². The Balaban J connectivity index is 1.51. The van der Waals surface area contributed by atoms with Crippen LogP contribution in [0.1, 0.15) is 90.9 Å². The molecule has 0 amide bonds. The Morgan fingerprint density at radius 1 is 0.926 bits per heavy atom. The Kier molecular flexibility index (Phi) is 4.91. The lowest BCUT2D eigenvalue weighted by atomic mass is 9.44. The number of carbonyl (C=O) groups is 1. The second kappa shape index (κ2) is 6.73. The van der Waals surface area contributed by atoms with Crippen molar-refractivity contribution in [2.75, 3.05) is 0 Å². The molecule has 0 radical (unpaired) electrons. The highest BCUT2D eigenvalue weighted by Crippen LogP contribution is 2.68. The van der Waals surface area contributed by atoms with Gasteiger partial charge in [-0.05, 0) is 98.7 Å². The molecule has 7 unspecified atom stereocenters. The van der Waals surface area contributed by atoms with E-state index in [2.05, 4.69) is 13.8 Å². The van der Waals surface area contributed by atoms with Gasteiger partial charge in [0.2, 0.25) is 0 Å². The van der Waals surface area contributed by atoms with E-state index in [9.17, 15) is 15.0 Å². The number of carboxylic acid groups (broad SMARTS) is 1. The number of hydrogen-bond donors (Lipinski definition) is 3. The smallest absolute Gasteiger partial charge is 0.303 e. The lowest BCUT2D eigenvalue weighted by molar-refractivity contribution is -0.277. The van der Waals surface area contributed by atoms with Crippen LogP contribution in [0.3, 0.4) is 0 Å². The summed E-state index contributed by atoms with van der Waals surface area (Å²) in [7, 11) is 0. The van der Waals surface area contributed by atoms with E-state index in [4.69, 9.17) is 5.11 Å². The summed E-state index contributed by atoms with van der Waals surface area (Å²) in [5.41, 5.74) is 0.445. The fourth-order valence-electron chi connectivity index (χ4n) is 8.56. The normalized spacial score (nSPS) is 48.4. The molecule has 0 aliphatic heterocycles. The Hall–Kier alpha value is -0.610. The minimum atomic E-state index is -1.46. The first-order valence-corrected chi connectivity index (χ1v) is 11.3. The Morgan fingerprint density at radius 2 is 1.67 bits per heavy atom. The van der Waals surface area contributed by atoms with Gasteiger partial charge in [0.1, 0.15) is 0 Å². The first-order chi connectivity index (χ1) is 12.7. The van der Waals surface area contributed by atoms with Gasteiger partial charge in [-0.3, -0.25) is 4.79 Å². The summed E-state index contributed by atoms with van der Waals surface area (Å²) in [6.45, 7) is 4.85. The van der Waals surface area contributed by atoms with Gasteiger partial charge in [-0.25, -0.2) is 0 Å². The van der Waals surface area contributed by atoms with Gasteiger partial charge in [-0.15, -0.1) is 0 Å². The lowest BCUT2D eigenvalue weighted by Crippen LogP contribution is -2.59. The molecule has 0 saturated heterocycles. The molecule has 4 aliphatic carbocycles. The number of rotatable bonds is 4. The minimum absolute atomic E-state index is 0.0390. The maximum absolute atomic E-state index is 10.9. The maximum Gasteiger partial charge on any atom is 0.303 e. The van der Waals surface area contributed by atoms with Gasteiger partial charge < -0.3 is 15.3 Å². The van der Waals surface area contributed by atoms with Crippen molar-refractivity contribution < 1.29 is 20.1 Å². The summed E-state index contributed by atoms with van der Waals surface area (Å²) in [5.74, 6) is 0.686. The molecule has 0 bridgehead atoms. The third-order valence-electron chi connectivity index (χ3n) is 9.83. The molecule has 0 heterocycles. The van der Waals surface area contributed by atoms with Crippen LogP contribution in [-0.4, -0.2) is 27.1 Å². The quantitative estimate of drug-likeness (QED) is 0.626. The van der Waals surface area contributed by atoms with E-state index < -0.39 is 11.8 Å². The molecular formula is C23H38O4. The van der Waals surface area contributed by atoms with Crippen LogP contribution in [0, 0.1) is 40.4 Å². The number of aliphatic carboxylic acids is 1. The van der Waals surface area contributed by atoms with Crippen molar-refractivity contribution in [3.63, 3.8) is 0 Å². The fraction of sp³-hybridized carbons (Fsp3) is 0.957. The number of hydrogen-bond acceptors (Lipinski definition) is 3. The van der Waals surface area contributed by atoms with Crippen LogP contribution in [0.2, 0.25) is 0 Å². The predicted octanol–water partition coefficient (Wildman–Crippen LogP) is 4.58. The first-order valence-electron chi connectivity index (χ1n) is 11.3. The molecule has 0 aromatic carbocycles. The summed E-state index contributed by atoms with van der Waals surface area (Å²) >= 11 is 0. The van der Waals surface area contributed by atoms with E-state index >= 15 is 0 Å². The van der Waals surface area contributed by atoms with Crippen LogP contribution in [0.25, 0.3) is 0 Å². The largest absolute Gasteiger partial charge is 0.481 e. The molecule has 0 aromatic heterocycles. The Morgan fingerprint density at radius 3 is 2.41 bits per heavy atom. The molecule has 4 saturated carbocycles. The van der Waals surface area contributed by atoms with Crippen LogP contribution in [0.5, 0.6) is 0 Å². The molecule has 4 rings (SSSR count). The summed E-state index contributed by atoms with van der Waals surface area (Å²) in [5, 5.41) is 30.3. The van der Waals surface area contributed by atoms with Crippen molar-refractivity contribution >= 4 is 5.97 Å². The Bertz CT molecular complexity index is 587. The molecule has 27 heavy (non-hydrogen) atoms. The van der Waals surface area contributed by atoms with Crippen molar-refractivity contribution in [2.45, 2.75) is 96.7 Å². The van der Waals surface area contributed by atoms with Crippen LogP contribution in [-0.2, 0) is 4.79 Å². The summed E-state index contributed by atoms with van der Waals surface area (Å²) in [6, 6.07) is 0. The number of aliphatic hydroxyl groups is 2. The second-order valence-corrected chi connectivity index (χ2v) is 10.8. The van der Waals surface area contributed by atoms with E-state index in [-0.39, 0.29) is 11.3 Å². The SMILES string of the molecule is CC12CCC3C(CCC4C(O)(O)CCCC34C)C1CCC2CCCC(=O)O. The zero-order valence-corrected chi connectivity index (χ0v) is 17.1. The van der Waals surface area contributed by atoms with E-state index in [1.165, 1.54) is 25.7 Å². The van der Waals surface area contributed by atoms with E-state index in [0.717, 1.165) is 50.4 Å². The van der Waals surface area contributed by atoms with Crippen molar-refractivity contribution in [1.82, 2.24) is 0 Å². The summed E-state index contributed by atoms with van der Waals surface area (Å²) < 4.78 is 0. The summed E-state index contributed by atoms with van der Waals surface area (Å²) in [6.07, 6.45) is 11.9. The van der Waals surface area contributed by atoms with Crippen LogP contribution >= 0.6 is 0 Å². The monoisotopic (exact) mass is 378 g/mol. The third kappa shape index (κ3) is 3.06. The number of carboxylic acids is 1. The highest BCUT2D eigenvalue weighted by Gasteiger charge is 2.62. The van der Waals surface area contributed by atoms with Crippen molar-refractivity contribution in [3.05, 3.63) is 0 Å². The van der Waals surface area contributed by atoms with E-state index in [1.807, 2.05) is 0 Å². The molecule has 3 N–H and O–H groups in total. The van der Waals surface area contributed by atoms with Crippen LogP contribution in [0.15, 0.2) is 0 Å². The zero-order valence-electron chi connectivity index (χ0n) is 17.1. The van der Waals surface area contributed by atoms with Crippen LogP contribution < -0.4 is 0 Å². The summed E-state index contributed by atoms with van der Waals surface area (Å²) in [4.78, 5) is 10.9. The van der Waals surface area contributed by atoms with Gasteiger partial charge >= 0.3 is 5.97 Å². The Labute approximate surface area is 163 Å². The molecular weight excluding hydrogens is 340 g/mol. The van der Waals surface area contributed by atoms with E-state index in [0.29, 0.717) is 30.1 Å². The van der Waals surface area contributed by atoms with Crippen molar-refractivity contribution in [2.24, 2.45) is 40.4 Å². The minimum Gasteiger partial charge on any atom is -0.481 e. The standard InChI is InChI=1S/C23H38O4/c1-21-14-11-18-16(17(21)9-7-15(21)5-3-6-20(24)25)8-10-19-22(18,2)12-4-13-23(19,26)27/h15-19,26-27H,3-14H2,1-2H3,(H,24,25). The lowest BCUT2D eigenvalue weighted by Gasteiger charge is -2.62. The molecule has 4 nitrogen and oxygen atoms in total. The average Bonchev–Trinajstić information content (AvgIpc) is 2.90. The molecule has 0 spiro atoms. The van der Waals surface area contributed by atoms with Crippen molar-refractivity contribution in [1.29, 1.82) is 0 Å². The van der Waals surface area contributed by atoms with Crippen LogP contribution in [0.4, 0.5) is 0 Å².